The van der Waals surface area contributed by atoms with E-state index in [0.717, 1.165) is 27.7 Å². The highest BCUT2D eigenvalue weighted by molar-refractivity contribution is 5.90. The highest BCUT2D eigenvalue weighted by Crippen LogP contribution is 2.25. The molecule has 0 aliphatic carbocycles. The zero-order chi connectivity index (χ0) is 17.1. The fourth-order valence-corrected chi connectivity index (χ4v) is 2.58. The lowest BCUT2D eigenvalue weighted by atomic mass is 10.0. The van der Waals surface area contributed by atoms with E-state index in [1.807, 2.05) is 39.8 Å². The first-order valence-electron chi connectivity index (χ1n) is 7.77. The summed E-state index contributed by atoms with van der Waals surface area (Å²) in [5, 5.41) is 12.7. The van der Waals surface area contributed by atoms with Gasteiger partial charge in [0, 0.05) is 10.9 Å². The molecule has 5 heteroatoms. The van der Waals surface area contributed by atoms with Gasteiger partial charge in [0.2, 0.25) is 5.91 Å². The summed E-state index contributed by atoms with van der Waals surface area (Å²) in [5.41, 5.74) is 3.77. The zero-order valence-electron chi connectivity index (χ0n) is 14.0. The molecule has 0 fully saturated rings. The summed E-state index contributed by atoms with van der Waals surface area (Å²) in [5.74, 6) is -1.12. The molecule has 5 nitrogen and oxygen atoms in total. The minimum atomic E-state index is -1.00. The summed E-state index contributed by atoms with van der Waals surface area (Å²) < 4.78 is 5.51. The molecule has 0 saturated carbocycles. The molecule has 2 N–H and O–H groups in total. The molecule has 1 amide bonds. The molecule has 124 valence electrons. The van der Waals surface area contributed by atoms with Crippen LogP contribution in [0.25, 0.3) is 11.0 Å². The van der Waals surface area contributed by atoms with Crippen molar-refractivity contribution in [3.05, 3.63) is 35.1 Å². The van der Waals surface area contributed by atoms with Gasteiger partial charge < -0.3 is 14.8 Å². The van der Waals surface area contributed by atoms with Crippen LogP contribution in [0.15, 0.2) is 22.8 Å². The molecule has 0 bridgehead atoms. The number of furan rings is 1. The Balaban J connectivity index is 2.14. The van der Waals surface area contributed by atoms with Gasteiger partial charge in [-0.1, -0.05) is 13.8 Å². The molecule has 2 rings (SSSR count). The maximum atomic E-state index is 12.2. The van der Waals surface area contributed by atoms with E-state index in [1.165, 1.54) is 0 Å². The van der Waals surface area contributed by atoms with Crippen LogP contribution < -0.4 is 5.32 Å². The minimum Gasteiger partial charge on any atom is -0.480 e. The van der Waals surface area contributed by atoms with Crippen LogP contribution in [0.2, 0.25) is 0 Å². The molecule has 0 unspecified atom stereocenters. The maximum Gasteiger partial charge on any atom is 0.326 e. The van der Waals surface area contributed by atoms with Crippen LogP contribution in [0.4, 0.5) is 0 Å². The predicted octanol–water partition coefficient (Wildman–Crippen LogP) is 3.21. The third-order valence-electron chi connectivity index (χ3n) is 3.96. The molecular weight excluding hydrogens is 294 g/mol. The first kappa shape index (κ1) is 17.1. The van der Waals surface area contributed by atoms with Gasteiger partial charge in [0.25, 0.3) is 0 Å². The summed E-state index contributed by atoms with van der Waals surface area (Å²) in [6, 6.07) is 3.09. The minimum absolute atomic E-state index is 0.109. The van der Waals surface area contributed by atoms with E-state index in [2.05, 4.69) is 5.32 Å². The number of carboxylic acids is 1. The number of aliphatic carboxylic acids is 1. The number of amides is 1. The molecule has 0 radical (unpaired) electrons. The van der Waals surface area contributed by atoms with E-state index < -0.39 is 12.0 Å². The molecule has 1 atom stereocenters. The van der Waals surface area contributed by atoms with Crippen molar-refractivity contribution in [2.75, 3.05) is 0 Å². The van der Waals surface area contributed by atoms with Gasteiger partial charge in [-0.25, -0.2) is 4.79 Å². The van der Waals surface area contributed by atoms with Gasteiger partial charge in [-0.2, -0.15) is 0 Å². The number of carbonyl (C=O) groups excluding carboxylic acids is 1. The van der Waals surface area contributed by atoms with Crippen molar-refractivity contribution >= 4 is 22.8 Å². The molecule has 1 aromatic heterocycles. The third-order valence-corrected chi connectivity index (χ3v) is 3.96. The smallest absolute Gasteiger partial charge is 0.326 e. The van der Waals surface area contributed by atoms with Crippen LogP contribution in [0.5, 0.6) is 0 Å². The van der Waals surface area contributed by atoms with Crippen molar-refractivity contribution in [1.82, 2.24) is 5.32 Å². The van der Waals surface area contributed by atoms with Crippen molar-refractivity contribution in [2.24, 2.45) is 5.92 Å². The van der Waals surface area contributed by atoms with Crippen molar-refractivity contribution < 1.29 is 19.1 Å². The standard InChI is InChI=1S/C18H23NO4/c1-10(2)5-15(18(21)22)19-17(20)8-13-9-23-16-7-12(4)11(3)6-14(13)16/h6-7,9-10,15H,5,8H2,1-4H3,(H,19,20)(H,21,22)/t15-/m0/s1. The second-order valence-electron chi connectivity index (χ2n) is 6.46. The third kappa shape index (κ3) is 4.12. The Morgan fingerprint density at radius 1 is 1.22 bits per heavy atom. The number of rotatable bonds is 6. The van der Waals surface area contributed by atoms with E-state index in [0.29, 0.717) is 6.42 Å². The number of benzene rings is 1. The second kappa shape index (κ2) is 6.86. The summed E-state index contributed by atoms with van der Waals surface area (Å²) >= 11 is 0. The number of aryl methyl sites for hydroxylation is 2. The summed E-state index contributed by atoms with van der Waals surface area (Å²) in [7, 11) is 0. The van der Waals surface area contributed by atoms with Gasteiger partial charge in [-0.05, 0) is 49.4 Å². The first-order chi connectivity index (χ1) is 10.8. The van der Waals surface area contributed by atoms with Gasteiger partial charge in [-0.15, -0.1) is 0 Å². The second-order valence-corrected chi connectivity index (χ2v) is 6.46. The molecule has 0 aliphatic heterocycles. The molecule has 0 aliphatic rings. The van der Waals surface area contributed by atoms with Crippen LogP contribution >= 0.6 is 0 Å². The molecular formula is C18H23NO4. The topological polar surface area (TPSA) is 79.5 Å². The van der Waals surface area contributed by atoms with E-state index in [9.17, 15) is 14.7 Å². The lowest BCUT2D eigenvalue weighted by molar-refractivity contribution is -0.142. The van der Waals surface area contributed by atoms with Gasteiger partial charge in [0.1, 0.15) is 11.6 Å². The quantitative estimate of drug-likeness (QED) is 0.857. The Kier molecular flexibility index (Phi) is 5.08. The van der Waals surface area contributed by atoms with Crippen molar-refractivity contribution in [1.29, 1.82) is 0 Å². The number of hydrogen-bond donors (Lipinski definition) is 2. The number of carbonyl (C=O) groups is 2. The largest absolute Gasteiger partial charge is 0.480 e. The average molecular weight is 317 g/mol. The van der Waals surface area contributed by atoms with Crippen LogP contribution in [0.3, 0.4) is 0 Å². The molecule has 0 spiro atoms. The fourth-order valence-electron chi connectivity index (χ4n) is 2.58. The SMILES string of the molecule is Cc1cc2occ(CC(=O)N[C@@H](CC(C)C)C(=O)O)c2cc1C. The van der Waals surface area contributed by atoms with Gasteiger partial charge in [0.15, 0.2) is 0 Å². The highest BCUT2D eigenvalue weighted by Gasteiger charge is 2.22. The lowest BCUT2D eigenvalue weighted by Crippen LogP contribution is -2.42. The van der Waals surface area contributed by atoms with Crippen LogP contribution in [-0.2, 0) is 16.0 Å². The Morgan fingerprint density at radius 3 is 2.48 bits per heavy atom. The molecule has 1 heterocycles. The summed E-state index contributed by atoms with van der Waals surface area (Å²) in [6.07, 6.45) is 2.09. The van der Waals surface area contributed by atoms with Crippen LogP contribution in [0, 0.1) is 19.8 Å². The average Bonchev–Trinajstić information content (AvgIpc) is 2.80. The zero-order valence-corrected chi connectivity index (χ0v) is 14.0. The van der Waals surface area contributed by atoms with Crippen molar-refractivity contribution in [2.45, 2.75) is 46.6 Å². The van der Waals surface area contributed by atoms with Gasteiger partial charge in [-0.3, -0.25) is 4.79 Å². The maximum absolute atomic E-state index is 12.2. The van der Waals surface area contributed by atoms with Crippen LogP contribution in [-0.4, -0.2) is 23.0 Å². The fraction of sp³-hybridized carbons (Fsp3) is 0.444. The first-order valence-corrected chi connectivity index (χ1v) is 7.77. The Bertz CT molecular complexity index is 730. The van der Waals surface area contributed by atoms with E-state index >= 15 is 0 Å². The molecule has 0 saturated heterocycles. The summed E-state index contributed by atoms with van der Waals surface area (Å²) in [6.45, 7) is 7.87. The molecule has 1 aromatic carbocycles. The number of nitrogens with one attached hydrogen (secondary N) is 1. The van der Waals surface area contributed by atoms with E-state index in [-0.39, 0.29) is 18.2 Å². The Hall–Kier alpha value is -2.30. The van der Waals surface area contributed by atoms with E-state index in [4.69, 9.17) is 4.42 Å². The predicted molar refractivity (Wildman–Crippen MR) is 88.4 cm³/mol. The van der Waals surface area contributed by atoms with Gasteiger partial charge in [0.05, 0.1) is 12.7 Å². The monoisotopic (exact) mass is 317 g/mol. The van der Waals surface area contributed by atoms with E-state index in [1.54, 1.807) is 6.26 Å². The summed E-state index contributed by atoms with van der Waals surface area (Å²) in [4.78, 5) is 23.4. The number of fused-ring (bicyclic) bond motifs is 1. The van der Waals surface area contributed by atoms with Crippen LogP contribution in [0.1, 0.15) is 37.0 Å². The number of hydrogen-bond acceptors (Lipinski definition) is 3. The Labute approximate surface area is 135 Å². The molecule has 23 heavy (non-hydrogen) atoms. The van der Waals surface area contributed by atoms with Crippen molar-refractivity contribution in [3.8, 4) is 0 Å². The number of carboxylic acid groups (broad SMARTS) is 1. The Morgan fingerprint density at radius 2 is 1.87 bits per heavy atom. The molecule has 2 aromatic rings. The van der Waals surface area contributed by atoms with Crippen molar-refractivity contribution in [3.63, 3.8) is 0 Å². The highest BCUT2D eigenvalue weighted by atomic mass is 16.4. The lowest BCUT2D eigenvalue weighted by Gasteiger charge is -2.16. The normalized spacial score (nSPS) is 12.6. The van der Waals surface area contributed by atoms with Gasteiger partial charge >= 0.3 is 5.97 Å².